The number of likely N-dealkylation sites (N-methyl/N-ethyl adjacent to an activating group) is 1. The number of hydrogen-bond donors (Lipinski definition) is 1. The zero-order valence-corrected chi connectivity index (χ0v) is 18.3. The van der Waals surface area contributed by atoms with E-state index in [-0.39, 0.29) is 5.92 Å². The summed E-state index contributed by atoms with van der Waals surface area (Å²) >= 11 is 12.7. The first-order valence-corrected chi connectivity index (χ1v) is 10.1. The molecule has 0 aliphatic carbocycles. The Balaban J connectivity index is 0.000000360. The van der Waals surface area contributed by atoms with Crippen molar-refractivity contribution in [3.8, 4) is 11.1 Å². The molecule has 0 radical (unpaired) electrons. The summed E-state index contributed by atoms with van der Waals surface area (Å²) in [5.74, 6) is -2.53. The van der Waals surface area contributed by atoms with Gasteiger partial charge in [0.05, 0.1) is 0 Å². The number of aliphatic carboxylic acids is 1. The van der Waals surface area contributed by atoms with Crippen molar-refractivity contribution in [3.63, 3.8) is 0 Å². The molecule has 1 aliphatic rings. The Morgan fingerprint density at radius 3 is 2.41 bits per heavy atom. The fourth-order valence-corrected chi connectivity index (χ4v) is 4.08. The van der Waals surface area contributed by atoms with Crippen LogP contribution in [0.1, 0.15) is 22.6 Å². The van der Waals surface area contributed by atoms with Gasteiger partial charge in [-0.3, -0.25) is 0 Å². The molecule has 5 nitrogen and oxygen atoms in total. The molecule has 2 aromatic carbocycles. The number of rotatable bonds is 2. The zero-order valence-electron chi connectivity index (χ0n) is 16.8. The van der Waals surface area contributed by atoms with Crippen molar-refractivity contribution >= 4 is 29.2 Å². The summed E-state index contributed by atoms with van der Waals surface area (Å²) in [6.45, 7) is 1.77. The molecule has 0 spiro atoms. The first-order chi connectivity index (χ1) is 15.1. The summed E-state index contributed by atoms with van der Waals surface area (Å²) in [6.07, 6.45) is 0.130. The molecule has 0 amide bonds. The van der Waals surface area contributed by atoms with Gasteiger partial charge >= 0.3 is 12.1 Å². The number of fused-ring (bicyclic) bond motifs is 1. The molecular weight excluding hydrogens is 466 g/mol. The standard InChI is InChI=1S/C20H17Cl2N3.C2HF3O2/c1-25-10-18(17-6-16(21)7-20(22)19(17)11-25)14-4-2-3-13(5-14)15-8-23-12-24-9-15;3-2(4,5)1(6)7/h2-9,12,18H,10-11H2,1H3;(H,6,7)/t18-;/m0./s1. The topological polar surface area (TPSA) is 66.3 Å². The second-order valence-corrected chi connectivity index (χ2v) is 8.10. The highest BCUT2D eigenvalue weighted by Crippen LogP contribution is 2.39. The van der Waals surface area contributed by atoms with Crippen LogP contribution < -0.4 is 0 Å². The first kappa shape index (κ1) is 24.0. The van der Waals surface area contributed by atoms with Crippen LogP contribution in [0.3, 0.4) is 0 Å². The lowest BCUT2D eigenvalue weighted by Gasteiger charge is -2.33. The maximum Gasteiger partial charge on any atom is 0.490 e. The molecule has 3 aromatic rings. The van der Waals surface area contributed by atoms with Crippen LogP contribution in [-0.2, 0) is 11.3 Å². The summed E-state index contributed by atoms with van der Waals surface area (Å²) < 4.78 is 31.7. The Hall–Kier alpha value is -2.68. The second-order valence-electron chi connectivity index (χ2n) is 7.26. The average Bonchev–Trinajstić information content (AvgIpc) is 2.74. The molecule has 0 bridgehead atoms. The van der Waals surface area contributed by atoms with E-state index >= 15 is 0 Å². The van der Waals surface area contributed by atoms with Crippen LogP contribution in [0, 0.1) is 0 Å². The Bertz CT molecular complexity index is 1110. The van der Waals surface area contributed by atoms with Crippen LogP contribution in [-0.4, -0.2) is 45.7 Å². The van der Waals surface area contributed by atoms with E-state index in [9.17, 15) is 13.2 Å². The predicted octanol–water partition coefficient (Wildman–Crippen LogP) is 5.66. The number of aromatic nitrogens is 2. The molecule has 2 heterocycles. The highest BCUT2D eigenvalue weighted by atomic mass is 35.5. The predicted molar refractivity (Wildman–Crippen MR) is 116 cm³/mol. The Morgan fingerprint density at radius 1 is 1.12 bits per heavy atom. The number of carbonyl (C=O) groups is 1. The number of carboxylic acid groups (broad SMARTS) is 1. The fourth-order valence-electron chi connectivity index (χ4n) is 3.51. The van der Waals surface area contributed by atoms with E-state index in [1.165, 1.54) is 16.7 Å². The number of nitrogens with zero attached hydrogens (tertiary/aromatic N) is 3. The third kappa shape index (κ3) is 5.76. The maximum absolute atomic E-state index is 10.6. The molecule has 1 aromatic heterocycles. The van der Waals surface area contributed by atoms with E-state index in [0.717, 1.165) is 29.2 Å². The molecule has 1 N–H and O–H groups in total. The lowest BCUT2D eigenvalue weighted by molar-refractivity contribution is -0.192. The molecule has 0 saturated heterocycles. The van der Waals surface area contributed by atoms with Gasteiger partial charge in [0.2, 0.25) is 0 Å². The molecule has 32 heavy (non-hydrogen) atoms. The van der Waals surface area contributed by atoms with Gasteiger partial charge in [0.15, 0.2) is 0 Å². The summed E-state index contributed by atoms with van der Waals surface area (Å²) in [5, 5.41) is 8.55. The summed E-state index contributed by atoms with van der Waals surface area (Å²) in [5.41, 5.74) is 5.75. The molecule has 4 rings (SSSR count). The highest BCUT2D eigenvalue weighted by Gasteiger charge is 2.38. The van der Waals surface area contributed by atoms with Crippen LogP contribution in [0.2, 0.25) is 10.0 Å². The molecule has 0 fully saturated rings. The van der Waals surface area contributed by atoms with Crippen molar-refractivity contribution in [2.75, 3.05) is 13.6 Å². The minimum Gasteiger partial charge on any atom is -0.475 e. The number of hydrogen-bond acceptors (Lipinski definition) is 4. The third-order valence-corrected chi connectivity index (χ3v) is 5.47. The zero-order chi connectivity index (χ0) is 23.5. The Morgan fingerprint density at radius 2 is 1.78 bits per heavy atom. The summed E-state index contributed by atoms with van der Waals surface area (Å²) in [6, 6.07) is 12.4. The van der Waals surface area contributed by atoms with Gasteiger partial charge in [0.1, 0.15) is 6.33 Å². The van der Waals surface area contributed by atoms with Gasteiger partial charge in [-0.1, -0.05) is 47.5 Å². The van der Waals surface area contributed by atoms with Crippen LogP contribution in [0.15, 0.2) is 55.1 Å². The number of carboxylic acids is 1. The molecule has 10 heteroatoms. The van der Waals surface area contributed by atoms with Gasteiger partial charge in [-0.05, 0) is 41.4 Å². The molecule has 1 aliphatic heterocycles. The second kappa shape index (κ2) is 9.85. The third-order valence-electron chi connectivity index (χ3n) is 4.92. The molecule has 0 saturated carbocycles. The molecule has 1 atom stereocenters. The lowest BCUT2D eigenvalue weighted by Crippen LogP contribution is -2.31. The van der Waals surface area contributed by atoms with Crippen molar-refractivity contribution < 1.29 is 23.1 Å². The van der Waals surface area contributed by atoms with Gasteiger partial charge in [-0.25, -0.2) is 14.8 Å². The molecule has 0 unspecified atom stereocenters. The van der Waals surface area contributed by atoms with Crippen molar-refractivity contribution in [2.24, 2.45) is 0 Å². The Labute approximate surface area is 192 Å². The largest absolute Gasteiger partial charge is 0.490 e. The van der Waals surface area contributed by atoms with Crippen LogP contribution in [0.4, 0.5) is 13.2 Å². The average molecular weight is 484 g/mol. The number of benzene rings is 2. The fraction of sp³-hybridized carbons (Fsp3) is 0.227. The SMILES string of the molecule is CN1Cc2c(Cl)cc(Cl)cc2[C@H](c2cccc(-c3cncnc3)c2)C1.O=C(O)C(F)(F)F. The van der Waals surface area contributed by atoms with Crippen molar-refractivity contribution in [3.05, 3.63) is 81.9 Å². The van der Waals surface area contributed by atoms with E-state index in [4.69, 9.17) is 33.1 Å². The summed E-state index contributed by atoms with van der Waals surface area (Å²) in [7, 11) is 2.12. The van der Waals surface area contributed by atoms with Gasteiger partial charge in [0.25, 0.3) is 0 Å². The number of alkyl halides is 3. The van der Waals surface area contributed by atoms with Gasteiger partial charge in [0, 0.05) is 47.0 Å². The molecular formula is C22H18Cl2F3N3O2. The molecule has 168 valence electrons. The van der Waals surface area contributed by atoms with Gasteiger partial charge in [-0.15, -0.1) is 0 Å². The first-order valence-electron chi connectivity index (χ1n) is 9.38. The maximum atomic E-state index is 10.6. The van der Waals surface area contributed by atoms with E-state index in [1.807, 2.05) is 18.5 Å². The van der Waals surface area contributed by atoms with Gasteiger partial charge < -0.3 is 10.0 Å². The monoisotopic (exact) mass is 483 g/mol. The van der Waals surface area contributed by atoms with E-state index in [0.29, 0.717) is 5.02 Å². The minimum atomic E-state index is -5.08. The van der Waals surface area contributed by atoms with Crippen LogP contribution >= 0.6 is 23.2 Å². The van der Waals surface area contributed by atoms with Gasteiger partial charge in [-0.2, -0.15) is 13.2 Å². The van der Waals surface area contributed by atoms with Crippen LogP contribution in [0.25, 0.3) is 11.1 Å². The quantitative estimate of drug-likeness (QED) is 0.509. The van der Waals surface area contributed by atoms with E-state index in [1.54, 1.807) is 6.33 Å². The van der Waals surface area contributed by atoms with Crippen molar-refractivity contribution in [1.82, 2.24) is 14.9 Å². The van der Waals surface area contributed by atoms with Crippen LogP contribution in [0.5, 0.6) is 0 Å². The number of halogens is 5. The normalized spacial score (nSPS) is 16.0. The van der Waals surface area contributed by atoms with E-state index < -0.39 is 12.1 Å². The lowest BCUT2D eigenvalue weighted by atomic mass is 9.84. The highest BCUT2D eigenvalue weighted by molar-refractivity contribution is 6.35. The van der Waals surface area contributed by atoms with Crippen molar-refractivity contribution in [1.29, 1.82) is 0 Å². The van der Waals surface area contributed by atoms with E-state index in [2.05, 4.69) is 52.2 Å². The Kier molecular flexibility index (Phi) is 7.38. The van der Waals surface area contributed by atoms with Crippen molar-refractivity contribution in [2.45, 2.75) is 18.6 Å². The minimum absolute atomic E-state index is 0.231. The summed E-state index contributed by atoms with van der Waals surface area (Å²) in [4.78, 5) is 19.4. The smallest absolute Gasteiger partial charge is 0.475 e.